The van der Waals surface area contributed by atoms with Crippen molar-refractivity contribution in [3.8, 4) is 0 Å². The van der Waals surface area contributed by atoms with Gasteiger partial charge in [0.1, 0.15) is 0 Å². The van der Waals surface area contributed by atoms with E-state index in [0.29, 0.717) is 0 Å². The van der Waals surface area contributed by atoms with Crippen LogP contribution in [0, 0.1) is 0 Å². The molecule has 3 nitrogen and oxygen atoms in total. The van der Waals surface area contributed by atoms with Gasteiger partial charge < -0.3 is 4.48 Å². The van der Waals surface area contributed by atoms with Gasteiger partial charge >= 0.3 is 0 Å². The molecule has 0 aliphatic carbocycles. The van der Waals surface area contributed by atoms with E-state index in [2.05, 4.69) is 27.7 Å². The van der Waals surface area contributed by atoms with Crippen molar-refractivity contribution >= 4 is 0 Å². The Morgan fingerprint density at radius 1 is 0.526 bits per heavy atom. The summed E-state index contributed by atoms with van der Waals surface area (Å²) in [7, 11) is 0. The molecule has 19 heavy (non-hydrogen) atoms. The van der Waals surface area contributed by atoms with E-state index >= 15 is 0 Å². The molecule has 0 amide bonds. The zero-order valence-electron chi connectivity index (χ0n) is 13.8. The van der Waals surface area contributed by atoms with Gasteiger partial charge in [-0.3, -0.25) is 10.5 Å². The summed E-state index contributed by atoms with van der Waals surface area (Å²) in [5.41, 5.74) is 0. The van der Waals surface area contributed by atoms with Crippen LogP contribution in [0.1, 0.15) is 79.1 Å². The van der Waals surface area contributed by atoms with E-state index in [0.717, 1.165) is 0 Å². The van der Waals surface area contributed by atoms with Crippen molar-refractivity contribution in [1.29, 1.82) is 0 Å². The highest BCUT2D eigenvalue weighted by molar-refractivity contribution is 4.49. The van der Waals surface area contributed by atoms with Gasteiger partial charge in [-0.1, -0.05) is 53.4 Å². The maximum Gasteiger partial charge on any atom is 0.0786 e. The van der Waals surface area contributed by atoms with Gasteiger partial charge in [0.05, 0.1) is 26.2 Å². The smallest absolute Gasteiger partial charge is 0.0786 e. The summed E-state index contributed by atoms with van der Waals surface area (Å²) in [6.45, 7) is 15.0. The Bertz CT molecular complexity index is 125. The van der Waals surface area contributed by atoms with Crippen molar-refractivity contribution < 1.29 is 15.0 Å². The normalized spacial score (nSPS) is 11.1. The van der Waals surface area contributed by atoms with Crippen LogP contribution in [0.25, 0.3) is 0 Å². The van der Waals surface area contributed by atoms with Gasteiger partial charge in [0.2, 0.25) is 0 Å². The fraction of sp³-hybridized carbons (Fsp3) is 1.00. The maximum atomic E-state index is 6.00. The SMILES string of the molecule is CCCC[N+](CCCC)(CCCC)CCCC.OO. The maximum absolute atomic E-state index is 6.00. The predicted molar refractivity (Wildman–Crippen MR) is 84.6 cm³/mol. The monoisotopic (exact) mass is 276 g/mol. The molecular weight excluding hydrogens is 238 g/mol. The highest BCUT2D eigenvalue weighted by Gasteiger charge is 2.24. The molecule has 0 atom stereocenters. The molecule has 0 saturated carbocycles. The zero-order chi connectivity index (χ0) is 15.0. The first-order valence-electron chi connectivity index (χ1n) is 8.29. The molecule has 0 rings (SSSR count). The van der Waals surface area contributed by atoms with Crippen LogP contribution in [-0.2, 0) is 0 Å². The molecule has 0 aromatic heterocycles. The van der Waals surface area contributed by atoms with Crippen LogP contribution in [0.3, 0.4) is 0 Å². The lowest BCUT2D eigenvalue weighted by Crippen LogP contribution is -2.50. The molecule has 3 heteroatoms. The summed E-state index contributed by atoms with van der Waals surface area (Å²) < 4.78 is 1.42. The lowest BCUT2D eigenvalue weighted by Gasteiger charge is -2.39. The van der Waals surface area contributed by atoms with Gasteiger partial charge in [0.15, 0.2) is 0 Å². The molecule has 0 unspecified atom stereocenters. The molecule has 0 saturated heterocycles. The first-order chi connectivity index (χ1) is 9.24. The van der Waals surface area contributed by atoms with Crippen LogP contribution in [0.2, 0.25) is 0 Å². The van der Waals surface area contributed by atoms with Crippen molar-refractivity contribution in [2.24, 2.45) is 0 Å². The predicted octanol–water partition coefficient (Wildman–Crippen LogP) is 5.02. The quantitative estimate of drug-likeness (QED) is 0.298. The van der Waals surface area contributed by atoms with Crippen LogP contribution in [0.4, 0.5) is 0 Å². The molecule has 0 spiro atoms. The Morgan fingerprint density at radius 2 is 0.737 bits per heavy atom. The Morgan fingerprint density at radius 3 is 0.895 bits per heavy atom. The second-order valence-electron chi connectivity index (χ2n) is 5.65. The van der Waals surface area contributed by atoms with E-state index in [-0.39, 0.29) is 0 Å². The summed E-state index contributed by atoms with van der Waals surface area (Å²) in [6.07, 6.45) is 11.1. The Kier molecular flexibility index (Phi) is 17.8. The summed E-state index contributed by atoms with van der Waals surface area (Å²) in [5.74, 6) is 0. The van der Waals surface area contributed by atoms with Crippen LogP contribution in [-0.4, -0.2) is 41.2 Å². The average molecular weight is 276 g/mol. The van der Waals surface area contributed by atoms with E-state index in [1.54, 1.807) is 0 Å². The van der Waals surface area contributed by atoms with E-state index in [9.17, 15) is 0 Å². The third-order valence-electron chi connectivity index (χ3n) is 3.94. The molecule has 0 aliphatic rings. The molecule has 0 fully saturated rings. The molecule has 0 bridgehead atoms. The van der Waals surface area contributed by atoms with Crippen LogP contribution < -0.4 is 0 Å². The third-order valence-corrected chi connectivity index (χ3v) is 3.94. The second-order valence-corrected chi connectivity index (χ2v) is 5.65. The molecule has 0 aromatic rings. The highest BCUT2D eigenvalue weighted by atomic mass is 17.0. The minimum Gasteiger partial charge on any atom is -0.324 e. The van der Waals surface area contributed by atoms with E-state index in [4.69, 9.17) is 10.5 Å². The van der Waals surface area contributed by atoms with Gasteiger partial charge in [-0.05, 0) is 25.7 Å². The zero-order valence-corrected chi connectivity index (χ0v) is 13.8. The minimum absolute atomic E-state index is 1.35. The Hall–Kier alpha value is -0.120. The Labute approximate surface area is 121 Å². The number of hydrogen-bond acceptors (Lipinski definition) is 2. The van der Waals surface area contributed by atoms with Crippen molar-refractivity contribution in [1.82, 2.24) is 0 Å². The molecular formula is C16H38NO2+. The van der Waals surface area contributed by atoms with Gasteiger partial charge in [-0.2, -0.15) is 0 Å². The van der Waals surface area contributed by atoms with E-state index in [1.165, 1.54) is 82.0 Å². The lowest BCUT2D eigenvalue weighted by atomic mass is 10.1. The fourth-order valence-electron chi connectivity index (χ4n) is 2.64. The standard InChI is InChI=1S/C16H36N.H2O2/c1-5-9-13-17(14-10-6-2,15-11-7-3)16-12-8-4;1-2/h5-16H2,1-4H3;1-2H/q+1;. The number of rotatable bonds is 12. The lowest BCUT2D eigenvalue weighted by molar-refractivity contribution is -0.929. The summed E-state index contributed by atoms with van der Waals surface area (Å²) in [5, 5.41) is 12.0. The van der Waals surface area contributed by atoms with E-state index < -0.39 is 0 Å². The highest BCUT2D eigenvalue weighted by Crippen LogP contribution is 2.16. The molecule has 0 heterocycles. The van der Waals surface area contributed by atoms with Gasteiger partial charge in [-0.15, -0.1) is 0 Å². The number of quaternary nitrogens is 1. The van der Waals surface area contributed by atoms with Crippen molar-refractivity contribution in [2.45, 2.75) is 79.1 Å². The first kappa shape index (κ1) is 21.2. The largest absolute Gasteiger partial charge is 0.324 e. The minimum atomic E-state index is 1.35. The first-order valence-corrected chi connectivity index (χ1v) is 8.29. The number of hydrogen-bond donors (Lipinski definition) is 2. The van der Waals surface area contributed by atoms with Gasteiger partial charge in [-0.25, -0.2) is 0 Å². The molecule has 0 aliphatic heterocycles. The fourth-order valence-corrected chi connectivity index (χ4v) is 2.64. The Balaban J connectivity index is 0. The van der Waals surface area contributed by atoms with Crippen molar-refractivity contribution in [2.75, 3.05) is 26.2 Å². The van der Waals surface area contributed by atoms with Crippen molar-refractivity contribution in [3.63, 3.8) is 0 Å². The van der Waals surface area contributed by atoms with Crippen molar-refractivity contribution in [3.05, 3.63) is 0 Å². The number of nitrogens with zero attached hydrogens (tertiary/aromatic N) is 1. The topological polar surface area (TPSA) is 40.5 Å². The average Bonchev–Trinajstić information content (AvgIpc) is 2.48. The second kappa shape index (κ2) is 15.9. The van der Waals surface area contributed by atoms with Crippen LogP contribution in [0.15, 0.2) is 0 Å². The van der Waals surface area contributed by atoms with Crippen LogP contribution in [0.5, 0.6) is 0 Å². The molecule has 0 radical (unpaired) electrons. The van der Waals surface area contributed by atoms with Gasteiger partial charge in [0, 0.05) is 0 Å². The number of unbranched alkanes of at least 4 members (excludes halogenated alkanes) is 4. The third kappa shape index (κ3) is 11.4. The van der Waals surface area contributed by atoms with Crippen LogP contribution >= 0.6 is 0 Å². The van der Waals surface area contributed by atoms with Gasteiger partial charge in [0.25, 0.3) is 0 Å². The molecule has 2 N–H and O–H groups in total. The van der Waals surface area contributed by atoms with E-state index in [1.807, 2.05) is 0 Å². The summed E-state index contributed by atoms with van der Waals surface area (Å²) >= 11 is 0. The summed E-state index contributed by atoms with van der Waals surface area (Å²) in [6, 6.07) is 0. The molecule has 118 valence electrons. The molecule has 0 aromatic carbocycles. The summed E-state index contributed by atoms with van der Waals surface area (Å²) in [4.78, 5) is 0.